The molecule has 0 bridgehead atoms. The highest BCUT2D eigenvalue weighted by atomic mass is 79.9. The topological polar surface area (TPSA) is 49.4 Å². The molecule has 1 heterocycles. The minimum absolute atomic E-state index is 0.127. The summed E-state index contributed by atoms with van der Waals surface area (Å²) in [6, 6.07) is 17.2. The van der Waals surface area contributed by atoms with Crippen LogP contribution in [0.25, 0.3) is 0 Å². The summed E-state index contributed by atoms with van der Waals surface area (Å²) in [5, 5.41) is 2.86. The van der Waals surface area contributed by atoms with Crippen LogP contribution >= 0.6 is 15.9 Å². The van der Waals surface area contributed by atoms with E-state index in [0.717, 1.165) is 15.7 Å². The number of carbonyl (C=O) groups excluding carboxylic acids is 2. The molecule has 1 fully saturated rings. The van der Waals surface area contributed by atoms with E-state index in [4.69, 9.17) is 0 Å². The number of benzene rings is 2. The standard InChI is InChI=1S/C18H17BrN2O2/c19-14-6-8-15(9-7-14)21-11-10-16(18(21)23)17(22)20-12-13-4-2-1-3-5-13/h1-9,16H,10-12H2,(H,20,22)/t16-/m1/s1. The number of halogens is 1. The summed E-state index contributed by atoms with van der Waals surface area (Å²) >= 11 is 3.38. The zero-order valence-corrected chi connectivity index (χ0v) is 14.1. The molecule has 118 valence electrons. The lowest BCUT2D eigenvalue weighted by atomic mass is 10.1. The van der Waals surface area contributed by atoms with Crippen molar-refractivity contribution in [3.8, 4) is 0 Å². The molecule has 5 heteroatoms. The molecule has 2 aromatic rings. The number of anilines is 1. The van der Waals surface area contributed by atoms with Crippen molar-refractivity contribution < 1.29 is 9.59 Å². The smallest absolute Gasteiger partial charge is 0.239 e. The van der Waals surface area contributed by atoms with Crippen molar-refractivity contribution in [2.45, 2.75) is 13.0 Å². The molecule has 0 radical (unpaired) electrons. The lowest BCUT2D eigenvalue weighted by Crippen LogP contribution is -2.36. The molecule has 0 saturated carbocycles. The van der Waals surface area contributed by atoms with Gasteiger partial charge in [0.15, 0.2) is 0 Å². The fourth-order valence-electron chi connectivity index (χ4n) is 2.71. The highest BCUT2D eigenvalue weighted by molar-refractivity contribution is 9.10. The van der Waals surface area contributed by atoms with Crippen molar-refractivity contribution in [2.24, 2.45) is 5.92 Å². The van der Waals surface area contributed by atoms with Gasteiger partial charge in [-0.1, -0.05) is 46.3 Å². The van der Waals surface area contributed by atoms with Crippen LogP contribution in [0.5, 0.6) is 0 Å². The molecular weight excluding hydrogens is 356 g/mol. The molecule has 2 amide bonds. The lowest BCUT2D eigenvalue weighted by Gasteiger charge is -2.17. The largest absolute Gasteiger partial charge is 0.351 e. The van der Waals surface area contributed by atoms with E-state index in [0.29, 0.717) is 19.5 Å². The van der Waals surface area contributed by atoms with E-state index in [9.17, 15) is 9.59 Å². The van der Waals surface area contributed by atoms with Gasteiger partial charge in [-0.05, 0) is 36.2 Å². The molecule has 3 rings (SSSR count). The van der Waals surface area contributed by atoms with Crippen LogP contribution in [0.3, 0.4) is 0 Å². The average Bonchev–Trinajstić information content (AvgIpc) is 2.96. The van der Waals surface area contributed by atoms with Gasteiger partial charge in [0, 0.05) is 23.2 Å². The quantitative estimate of drug-likeness (QED) is 0.838. The second-order valence-corrected chi connectivity index (χ2v) is 6.43. The molecule has 1 atom stereocenters. The first-order valence-electron chi connectivity index (χ1n) is 7.54. The summed E-state index contributed by atoms with van der Waals surface area (Å²) in [4.78, 5) is 26.5. The molecule has 1 aliphatic heterocycles. The number of nitrogens with zero attached hydrogens (tertiary/aromatic N) is 1. The number of hydrogen-bond donors (Lipinski definition) is 1. The van der Waals surface area contributed by atoms with Crippen LogP contribution in [0.15, 0.2) is 59.1 Å². The van der Waals surface area contributed by atoms with Crippen LogP contribution in [-0.4, -0.2) is 18.4 Å². The van der Waals surface area contributed by atoms with Gasteiger partial charge in [-0.3, -0.25) is 9.59 Å². The van der Waals surface area contributed by atoms with E-state index in [1.54, 1.807) is 4.90 Å². The Morgan fingerprint density at radius 3 is 2.52 bits per heavy atom. The van der Waals surface area contributed by atoms with E-state index in [2.05, 4.69) is 21.2 Å². The molecule has 4 nitrogen and oxygen atoms in total. The van der Waals surface area contributed by atoms with Gasteiger partial charge in [-0.15, -0.1) is 0 Å². The number of carbonyl (C=O) groups is 2. The van der Waals surface area contributed by atoms with E-state index in [1.807, 2.05) is 54.6 Å². The van der Waals surface area contributed by atoms with Crippen molar-refractivity contribution in [1.29, 1.82) is 0 Å². The number of nitrogens with one attached hydrogen (secondary N) is 1. The van der Waals surface area contributed by atoms with Gasteiger partial charge >= 0.3 is 0 Å². The molecule has 1 N–H and O–H groups in total. The predicted octanol–water partition coefficient (Wildman–Crippen LogP) is 3.12. The Hall–Kier alpha value is -2.14. The Bertz CT molecular complexity index is 701. The lowest BCUT2D eigenvalue weighted by molar-refractivity contribution is -0.132. The first kappa shape index (κ1) is 15.7. The molecule has 0 spiro atoms. The first-order chi connectivity index (χ1) is 11.1. The third kappa shape index (κ3) is 3.62. The number of rotatable bonds is 4. The monoisotopic (exact) mass is 372 g/mol. The molecule has 0 aromatic heterocycles. The summed E-state index contributed by atoms with van der Waals surface area (Å²) in [6.45, 7) is 1.02. The summed E-state index contributed by atoms with van der Waals surface area (Å²) < 4.78 is 0.963. The van der Waals surface area contributed by atoms with Crippen LogP contribution < -0.4 is 10.2 Å². The normalized spacial score (nSPS) is 17.3. The molecule has 1 saturated heterocycles. The van der Waals surface area contributed by atoms with E-state index in [1.165, 1.54) is 0 Å². The van der Waals surface area contributed by atoms with Crippen molar-refractivity contribution >= 4 is 33.4 Å². The van der Waals surface area contributed by atoms with Crippen LogP contribution in [0.4, 0.5) is 5.69 Å². The summed E-state index contributed by atoms with van der Waals surface area (Å²) in [5.74, 6) is -0.918. The zero-order chi connectivity index (χ0) is 16.2. The van der Waals surface area contributed by atoms with Gasteiger partial charge in [-0.2, -0.15) is 0 Å². The maximum Gasteiger partial charge on any atom is 0.239 e. The van der Waals surface area contributed by atoms with Gasteiger partial charge in [0.1, 0.15) is 5.92 Å². The van der Waals surface area contributed by atoms with E-state index in [-0.39, 0.29) is 11.8 Å². The third-order valence-corrected chi connectivity index (χ3v) is 4.50. The molecule has 23 heavy (non-hydrogen) atoms. The second kappa shape index (κ2) is 6.96. The minimum Gasteiger partial charge on any atom is -0.351 e. The molecule has 0 unspecified atom stereocenters. The van der Waals surface area contributed by atoms with Gasteiger partial charge < -0.3 is 10.2 Å². The fourth-order valence-corrected chi connectivity index (χ4v) is 2.97. The highest BCUT2D eigenvalue weighted by Crippen LogP contribution is 2.26. The Morgan fingerprint density at radius 1 is 1.13 bits per heavy atom. The van der Waals surface area contributed by atoms with Gasteiger partial charge in [0.05, 0.1) is 0 Å². The maximum absolute atomic E-state index is 12.5. The third-order valence-electron chi connectivity index (χ3n) is 3.97. The van der Waals surface area contributed by atoms with Crippen molar-refractivity contribution in [3.63, 3.8) is 0 Å². The van der Waals surface area contributed by atoms with Gasteiger partial charge in [-0.25, -0.2) is 0 Å². The molecular formula is C18H17BrN2O2. The van der Waals surface area contributed by atoms with E-state index >= 15 is 0 Å². The first-order valence-corrected chi connectivity index (χ1v) is 8.33. The van der Waals surface area contributed by atoms with Crippen LogP contribution in [0, 0.1) is 5.92 Å². The predicted molar refractivity (Wildman–Crippen MR) is 92.9 cm³/mol. The van der Waals surface area contributed by atoms with Crippen molar-refractivity contribution in [2.75, 3.05) is 11.4 Å². The van der Waals surface area contributed by atoms with Crippen molar-refractivity contribution in [3.05, 3.63) is 64.6 Å². The minimum atomic E-state index is -0.595. The van der Waals surface area contributed by atoms with Crippen LogP contribution in [0.2, 0.25) is 0 Å². The molecule has 1 aliphatic rings. The summed E-state index contributed by atoms with van der Waals surface area (Å²) in [6.07, 6.45) is 0.551. The highest BCUT2D eigenvalue weighted by Gasteiger charge is 2.37. The average molecular weight is 373 g/mol. The second-order valence-electron chi connectivity index (χ2n) is 5.51. The van der Waals surface area contributed by atoms with Gasteiger partial charge in [0.25, 0.3) is 0 Å². The Balaban J connectivity index is 1.62. The van der Waals surface area contributed by atoms with Crippen LogP contribution in [0.1, 0.15) is 12.0 Å². The van der Waals surface area contributed by atoms with Crippen molar-refractivity contribution in [1.82, 2.24) is 5.32 Å². The number of hydrogen-bond acceptors (Lipinski definition) is 2. The summed E-state index contributed by atoms with van der Waals surface area (Å²) in [5.41, 5.74) is 1.85. The molecule has 2 aromatic carbocycles. The Labute approximate surface area is 143 Å². The number of amides is 2. The van der Waals surface area contributed by atoms with E-state index < -0.39 is 5.92 Å². The van der Waals surface area contributed by atoms with Gasteiger partial charge in [0.2, 0.25) is 11.8 Å². The Kier molecular flexibility index (Phi) is 4.76. The molecule has 0 aliphatic carbocycles. The Morgan fingerprint density at radius 2 is 1.83 bits per heavy atom. The zero-order valence-electron chi connectivity index (χ0n) is 12.5. The fraction of sp³-hybridized carbons (Fsp3) is 0.222. The SMILES string of the molecule is O=C(NCc1ccccc1)[C@H]1CCN(c2ccc(Br)cc2)C1=O. The van der Waals surface area contributed by atoms with Crippen LogP contribution in [-0.2, 0) is 16.1 Å². The summed E-state index contributed by atoms with van der Waals surface area (Å²) in [7, 11) is 0. The maximum atomic E-state index is 12.5.